The van der Waals surface area contributed by atoms with Crippen LogP contribution in [-0.4, -0.2) is 22.8 Å². The van der Waals surface area contributed by atoms with Crippen molar-refractivity contribution in [3.05, 3.63) is 64.3 Å². The summed E-state index contributed by atoms with van der Waals surface area (Å²) >= 11 is 0. The van der Waals surface area contributed by atoms with Crippen molar-refractivity contribution in [2.75, 3.05) is 13.2 Å². The third-order valence-electron chi connectivity index (χ3n) is 3.78. The standard InChI is InChI=1S/C15H18N4O/c1-12-5-4-8-19(14(12)20)10-15(9-16-11-18-15)13-6-2-3-7-17-13/h2-8,16,18H,9-11H2,1H3. The van der Waals surface area contributed by atoms with E-state index in [0.29, 0.717) is 6.54 Å². The zero-order valence-electron chi connectivity index (χ0n) is 11.5. The SMILES string of the molecule is Cc1cccn(CC2(c3ccccn3)CNCN2)c1=O. The molecule has 2 N–H and O–H groups in total. The molecular weight excluding hydrogens is 252 g/mol. The van der Waals surface area contributed by atoms with Gasteiger partial charge >= 0.3 is 0 Å². The second-order valence-electron chi connectivity index (χ2n) is 5.20. The zero-order valence-corrected chi connectivity index (χ0v) is 11.5. The predicted molar refractivity (Wildman–Crippen MR) is 77.4 cm³/mol. The smallest absolute Gasteiger partial charge is 0.253 e. The van der Waals surface area contributed by atoms with Crippen molar-refractivity contribution in [1.82, 2.24) is 20.2 Å². The number of aromatic nitrogens is 2. The average Bonchev–Trinajstić information content (AvgIpc) is 2.95. The molecule has 2 aromatic heterocycles. The number of hydrogen-bond donors (Lipinski definition) is 2. The van der Waals surface area contributed by atoms with Crippen molar-refractivity contribution < 1.29 is 0 Å². The molecule has 0 amide bonds. The second kappa shape index (κ2) is 5.19. The van der Waals surface area contributed by atoms with Gasteiger partial charge in [-0.2, -0.15) is 0 Å². The van der Waals surface area contributed by atoms with E-state index in [4.69, 9.17) is 0 Å². The van der Waals surface area contributed by atoms with Gasteiger partial charge in [0.15, 0.2) is 0 Å². The molecule has 1 fully saturated rings. The van der Waals surface area contributed by atoms with E-state index in [1.807, 2.05) is 43.5 Å². The Kier molecular flexibility index (Phi) is 3.38. The number of rotatable bonds is 3. The lowest BCUT2D eigenvalue weighted by Gasteiger charge is -2.29. The normalized spacial score (nSPS) is 22.1. The lowest BCUT2D eigenvalue weighted by molar-refractivity contribution is 0.336. The Morgan fingerprint density at radius 2 is 2.25 bits per heavy atom. The molecule has 1 aliphatic heterocycles. The van der Waals surface area contributed by atoms with E-state index < -0.39 is 0 Å². The van der Waals surface area contributed by atoms with Crippen LogP contribution in [0.5, 0.6) is 0 Å². The first-order valence-corrected chi connectivity index (χ1v) is 6.75. The summed E-state index contributed by atoms with van der Waals surface area (Å²) in [6, 6.07) is 9.63. The summed E-state index contributed by atoms with van der Waals surface area (Å²) in [6.45, 7) is 3.88. The summed E-state index contributed by atoms with van der Waals surface area (Å²) in [6.07, 6.45) is 3.62. The van der Waals surface area contributed by atoms with Crippen LogP contribution >= 0.6 is 0 Å². The molecule has 3 heterocycles. The highest BCUT2D eigenvalue weighted by Crippen LogP contribution is 2.22. The molecule has 1 unspecified atom stereocenters. The summed E-state index contributed by atoms with van der Waals surface area (Å²) < 4.78 is 1.75. The van der Waals surface area contributed by atoms with Crippen molar-refractivity contribution in [2.45, 2.75) is 19.0 Å². The van der Waals surface area contributed by atoms with Gasteiger partial charge in [0, 0.05) is 31.2 Å². The molecule has 20 heavy (non-hydrogen) atoms. The van der Waals surface area contributed by atoms with Gasteiger partial charge in [0.05, 0.1) is 17.8 Å². The molecule has 0 saturated carbocycles. The van der Waals surface area contributed by atoms with Gasteiger partial charge in [0.1, 0.15) is 0 Å². The maximum Gasteiger partial charge on any atom is 0.253 e. The Balaban J connectivity index is 2.00. The fourth-order valence-electron chi connectivity index (χ4n) is 2.66. The monoisotopic (exact) mass is 270 g/mol. The van der Waals surface area contributed by atoms with Crippen molar-refractivity contribution in [3.8, 4) is 0 Å². The Bertz CT molecular complexity index is 644. The first kappa shape index (κ1) is 13.0. The largest absolute Gasteiger partial charge is 0.313 e. The van der Waals surface area contributed by atoms with Crippen LogP contribution in [-0.2, 0) is 12.1 Å². The fraction of sp³-hybridized carbons (Fsp3) is 0.333. The maximum absolute atomic E-state index is 12.2. The number of pyridine rings is 2. The van der Waals surface area contributed by atoms with Gasteiger partial charge in [-0.1, -0.05) is 12.1 Å². The minimum atomic E-state index is -0.334. The molecule has 5 heteroatoms. The van der Waals surface area contributed by atoms with Gasteiger partial charge in [-0.3, -0.25) is 15.1 Å². The molecule has 3 rings (SSSR count). The van der Waals surface area contributed by atoms with E-state index >= 15 is 0 Å². The maximum atomic E-state index is 12.2. The van der Waals surface area contributed by atoms with Crippen LogP contribution in [0, 0.1) is 6.92 Å². The van der Waals surface area contributed by atoms with Crippen molar-refractivity contribution >= 4 is 0 Å². The van der Waals surface area contributed by atoms with Crippen LogP contribution in [0.2, 0.25) is 0 Å². The summed E-state index contributed by atoms with van der Waals surface area (Å²) in [5.41, 5.74) is 1.43. The minimum Gasteiger partial charge on any atom is -0.313 e. The Hall–Kier alpha value is -1.98. The average molecular weight is 270 g/mol. The molecule has 0 radical (unpaired) electrons. The van der Waals surface area contributed by atoms with Crippen LogP contribution in [0.15, 0.2) is 47.5 Å². The molecule has 0 spiro atoms. The van der Waals surface area contributed by atoms with Crippen LogP contribution in [0.3, 0.4) is 0 Å². The summed E-state index contributed by atoms with van der Waals surface area (Å²) in [5, 5.41) is 6.75. The number of aryl methyl sites for hydroxylation is 1. The van der Waals surface area contributed by atoms with Crippen LogP contribution in [0.4, 0.5) is 0 Å². The van der Waals surface area contributed by atoms with Gasteiger partial charge < -0.3 is 9.88 Å². The summed E-state index contributed by atoms with van der Waals surface area (Å²) in [7, 11) is 0. The Morgan fingerprint density at radius 1 is 1.35 bits per heavy atom. The summed E-state index contributed by atoms with van der Waals surface area (Å²) in [5.74, 6) is 0. The molecule has 1 saturated heterocycles. The predicted octanol–water partition coefficient (Wildman–Crippen LogP) is 0.598. The lowest BCUT2D eigenvalue weighted by Crippen LogP contribution is -2.46. The van der Waals surface area contributed by atoms with Crippen molar-refractivity contribution in [2.24, 2.45) is 0 Å². The number of nitrogens with one attached hydrogen (secondary N) is 2. The Labute approximate surface area is 117 Å². The highest BCUT2D eigenvalue weighted by atomic mass is 16.1. The molecule has 104 valence electrons. The zero-order chi connectivity index (χ0) is 14.0. The third-order valence-corrected chi connectivity index (χ3v) is 3.78. The molecule has 2 aromatic rings. The molecule has 0 bridgehead atoms. The van der Waals surface area contributed by atoms with Crippen molar-refractivity contribution in [3.63, 3.8) is 0 Å². The quantitative estimate of drug-likeness (QED) is 0.857. The minimum absolute atomic E-state index is 0.0523. The topological polar surface area (TPSA) is 59.0 Å². The van der Waals surface area contributed by atoms with Crippen molar-refractivity contribution in [1.29, 1.82) is 0 Å². The van der Waals surface area contributed by atoms with Gasteiger partial charge in [0.2, 0.25) is 0 Å². The third kappa shape index (κ3) is 2.26. The molecule has 0 aliphatic carbocycles. The molecule has 0 aromatic carbocycles. The number of hydrogen-bond acceptors (Lipinski definition) is 4. The van der Waals surface area contributed by atoms with Crippen LogP contribution in [0.25, 0.3) is 0 Å². The summed E-state index contributed by atoms with van der Waals surface area (Å²) in [4.78, 5) is 16.7. The van der Waals surface area contributed by atoms with Gasteiger partial charge in [0.25, 0.3) is 5.56 Å². The molecule has 1 aliphatic rings. The second-order valence-corrected chi connectivity index (χ2v) is 5.20. The van der Waals surface area contributed by atoms with E-state index in [-0.39, 0.29) is 11.1 Å². The van der Waals surface area contributed by atoms with E-state index in [9.17, 15) is 4.79 Å². The molecule has 5 nitrogen and oxygen atoms in total. The lowest BCUT2D eigenvalue weighted by atomic mass is 9.95. The van der Waals surface area contributed by atoms with Gasteiger partial charge in [-0.05, 0) is 25.1 Å². The van der Waals surface area contributed by atoms with E-state index in [1.165, 1.54) is 0 Å². The van der Waals surface area contributed by atoms with E-state index in [0.717, 1.165) is 24.5 Å². The van der Waals surface area contributed by atoms with Gasteiger partial charge in [-0.15, -0.1) is 0 Å². The first-order valence-electron chi connectivity index (χ1n) is 6.75. The van der Waals surface area contributed by atoms with Crippen LogP contribution in [0.1, 0.15) is 11.3 Å². The highest BCUT2D eigenvalue weighted by Gasteiger charge is 2.37. The van der Waals surface area contributed by atoms with Gasteiger partial charge in [-0.25, -0.2) is 0 Å². The Morgan fingerprint density at radius 3 is 2.95 bits per heavy atom. The van der Waals surface area contributed by atoms with Crippen LogP contribution < -0.4 is 16.2 Å². The fourth-order valence-corrected chi connectivity index (χ4v) is 2.66. The van der Waals surface area contributed by atoms with E-state index in [2.05, 4.69) is 15.6 Å². The first-order chi connectivity index (χ1) is 9.71. The molecule has 1 atom stereocenters. The molecular formula is C15H18N4O. The number of nitrogens with zero attached hydrogens (tertiary/aromatic N) is 2. The highest BCUT2D eigenvalue weighted by molar-refractivity contribution is 5.19. The van der Waals surface area contributed by atoms with E-state index in [1.54, 1.807) is 10.8 Å².